The Morgan fingerprint density at radius 3 is 2.65 bits per heavy atom. The van der Waals surface area contributed by atoms with E-state index in [-0.39, 0.29) is 23.3 Å². The van der Waals surface area contributed by atoms with Crippen LogP contribution < -0.4 is 5.32 Å². The van der Waals surface area contributed by atoms with Gasteiger partial charge in [0.1, 0.15) is 6.04 Å². The van der Waals surface area contributed by atoms with Gasteiger partial charge in [-0.15, -0.1) is 0 Å². The van der Waals surface area contributed by atoms with Crippen LogP contribution in [0.25, 0.3) is 0 Å². The van der Waals surface area contributed by atoms with Crippen LogP contribution in [0.2, 0.25) is 0 Å². The number of rotatable bonds is 2. The van der Waals surface area contributed by atoms with Gasteiger partial charge in [0, 0.05) is 19.5 Å². The van der Waals surface area contributed by atoms with Crippen molar-refractivity contribution < 1.29 is 9.59 Å². The molecule has 1 aliphatic carbocycles. The molecule has 1 heterocycles. The lowest BCUT2D eigenvalue weighted by Gasteiger charge is -2.32. The molecule has 2 aliphatic rings. The highest BCUT2D eigenvalue weighted by Crippen LogP contribution is 2.38. The van der Waals surface area contributed by atoms with E-state index in [2.05, 4.69) is 12.2 Å². The summed E-state index contributed by atoms with van der Waals surface area (Å²) >= 11 is 0. The van der Waals surface area contributed by atoms with Crippen molar-refractivity contribution in [3.8, 4) is 0 Å². The van der Waals surface area contributed by atoms with Crippen LogP contribution in [-0.4, -0.2) is 35.8 Å². The van der Waals surface area contributed by atoms with E-state index in [1.165, 1.54) is 25.7 Å². The Bertz CT molecular complexity index is 321. The molecule has 1 atom stereocenters. The standard InChI is InChI=1S/C13H22N2O2/c1-10-12(17)15(8-5-11(16)14-10)9-13(2)6-3-4-7-13/h10H,3-9H2,1-2H3,(H,14,16). The van der Waals surface area contributed by atoms with Crippen LogP contribution in [0, 0.1) is 5.41 Å². The average molecular weight is 238 g/mol. The third kappa shape index (κ3) is 2.79. The lowest BCUT2D eigenvalue weighted by Crippen LogP contribution is -2.45. The van der Waals surface area contributed by atoms with E-state index in [1.54, 1.807) is 6.92 Å². The molecule has 0 radical (unpaired) electrons. The molecule has 17 heavy (non-hydrogen) atoms. The SMILES string of the molecule is CC1NC(=O)CCN(CC2(C)CCCC2)C1=O. The van der Waals surface area contributed by atoms with Crippen molar-refractivity contribution in [2.45, 2.75) is 52.0 Å². The first-order valence-electron chi connectivity index (χ1n) is 6.58. The van der Waals surface area contributed by atoms with Crippen molar-refractivity contribution in [3.63, 3.8) is 0 Å². The summed E-state index contributed by atoms with van der Waals surface area (Å²) in [6.07, 6.45) is 5.38. The maximum Gasteiger partial charge on any atom is 0.244 e. The van der Waals surface area contributed by atoms with E-state index >= 15 is 0 Å². The zero-order chi connectivity index (χ0) is 12.5. The molecule has 0 spiro atoms. The quantitative estimate of drug-likeness (QED) is 0.788. The Kier molecular flexibility index (Phi) is 3.40. The van der Waals surface area contributed by atoms with Gasteiger partial charge in [-0.3, -0.25) is 9.59 Å². The number of carbonyl (C=O) groups excluding carboxylic acids is 2. The van der Waals surface area contributed by atoms with E-state index in [4.69, 9.17) is 0 Å². The molecule has 4 nitrogen and oxygen atoms in total. The van der Waals surface area contributed by atoms with Crippen molar-refractivity contribution in [1.82, 2.24) is 10.2 Å². The molecule has 1 aliphatic heterocycles. The molecule has 1 N–H and O–H groups in total. The highest BCUT2D eigenvalue weighted by atomic mass is 16.2. The first-order valence-corrected chi connectivity index (χ1v) is 6.58. The fraction of sp³-hybridized carbons (Fsp3) is 0.846. The predicted octanol–water partition coefficient (Wildman–Crippen LogP) is 1.30. The largest absolute Gasteiger partial charge is 0.345 e. The summed E-state index contributed by atoms with van der Waals surface area (Å²) in [7, 11) is 0. The zero-order valence-electron chi connectivity index (χ0n) is 10.8. The van der Waals surface area contributed by atoms with Gasteiger partial charge in [0.25, 0.3) is 0 Å². The highest BCUT2D eigenvalue weighted by molar-refractivity contribution is 5.89. The Morgan fingerprint density at radius 1 is 1.35 bits per heavy atom. The van der Waals surface area contributed by atoms with Crippen LogP contribution in [0.3, 0.4) is 0 Å². The van der Waals surface area contributed by atoms with Gasteiger partial charge in [-0.05, 0) is 25.2 Å². The van der Waals surface area contributed by atoms with Gasteiger partial charge in [-0.2, -0.15) is 0 Å². The van der Waals surface area contributed by atoms with E-state index in [0.717, 1.165) is 6.54 Å². The average Bonchev–Trinajstić information content (AvgIpc) is 2.65. The molecule has 0 aromatic heterocycles. The van der Waals surface area contributed by atoms with Crippen LogP contribution in [0.5, 0.6) is 0 Å². The topological polar surface area (TPSA) is 49.4 Å². The van der Waals surface area contributed by atoms with Gasteiger partial charge in [0.05, 0.1) is 0 Å². The van der Waals surface area contributed by atoms with Crippen molar-refractivity contribution in [3.05, 3.63) is 0 Å². The maximum atomic E-state index is 12.1. The van der Waals surface area contributed by atoms with Gasteiger partial charge in [-0.25, -0.2) is 0 Å². The smallest absolute Gasteiger partial charge is 0.244 e. The summed E-state index contributed by atoms with van der Waals surface area (Å²) in [4.78, 5) is 25.4. The second-order valence-electron chi connectivity index (χ2n) is 5.82. The second-order valence-corrected chi connectivity index (χ2v) is 5.82. The first kappa shape index (κ1) is 12.4. The summed E-state index contributed by atoms with van der Waals surface area (Å²) in [5, 5.41) is 2.73. The van der Waals surface area contributed by atoms with E-state index < -0.39 is 0 Å². The normalized spacial score (nSPS) is 29.1. The molecule has 2 amide bonds. The highest BCUT2D eigenvalue weighted by Gasteiger charge is 2.35. The molecular weight excluding hydrogens is 216 g/mol. The molecule has 1 saturated carbocycles. The van der Waals surface area contributed by atoms with Gasteiger partial charge < -0.3 is 10.2 Å². The maximum absolute atomic E-state index is 12.1. The van der Waals surface area contributed by atoms with Crippen molar-refractivity contribution >= 4 is 11.8 Å². The fourth-order valence-electron chi connectivity index (χ4n) is 3.00. The molecule has 96 valence electrons. The lowest BCUT2D eigenvalue weighted by atomic mass is 9.88. The van der Waals surface area contributed by atoms with Gasteiger partial charge >= 0.3 is 0 Å². The Labute approximate surface area is 103 Å². The second kappa shape index (κ2) is 4.67. The molecule has 0 bridgehead atoms. The Balaban J connectivity index is 2.03. The van der Waals surface area contributed by atoms with Gasteiger partial charge in [0.2, 0.25) is 11.8 Å². The molecule has 1 unspecified atom stereocenters. The van der Waals surface area contributed by atoms with E-state index in [1.807, 2.05) is 4.90 Å². The van der Waals surface area contributed by atoms with Crippen molar-refractivity contribution in [1.29, 1.82) is 0 Å². The zero-order valence-corrected chi connectivity index (χ0v) is 10.8. The predicted molar refractivity (Wildman–Crippen MR) is 65.4 cm³/mol. The van der Waals surface area contributed by atoms with E-state index in [0.29, 0.717) is 13.0 Å². The number of amides is 2. The summed E-state index contributed by atoms with van der Waals surface area (Å²) < 4.78 is 0. The minimum Gasteiger partial charge on any atom is -0.345 e. The van der Waals surface area contributed by atoms with Crippen LogP contribution >= 0.6 is 0 Å². The number of hydrogen-bond acceptors (Lipinski definition) is 2. The molecular formula is C13H22N2O2. The number of nitrogens with one attached hydrogen (secondary N) is 1. The molecule has 0 aromatic rings. The summed E-state index contributed by atoms with van der Waals surface area (Å²) in [6, 6.07) is -0.366. The summed E-state index contributed by atoms with van der Waals surface area (Å²) in [5.41, 5.74) is 0.267. The molecule has 2 rings (SSSR count). The van der Waals surface area contributed by atoms with Crippen LogP contribution in [0.4, 0.5) is 0 Å². The Hall–Kier alpha value is -1.06. The van der Waals surface area contributed by atoms with E-state index in [9.17, 15) is 9.59 Å². The molecule has 0 aromatic carbocycles. The third-order valence-corrected chi connectivity index (χ3v) is 4.05. The van der Waals surface area contributed by atoms with Gasteiger partial charge in [0.15, 0.2) is 0 Å². The molecule has 4 heteroatoms. The van der Waals surface area contributed by atoms with Crippen LogP contribution in [0.15, 0.2) is 0 Å². The number of carbonyl (C=O) groups is 2. The number of nitrogens with zero attached hydrogens (tertiary/aromatic N) is 1. The fourth-order valence-corrected chi connectivity index (χ4v) is 3.00. The summed E-state index contributed by atoms with van der Waals surface area (Å²) in [5.74, 6) is 0.0638. The monoisotopic (exact) mass is 238 g/mol. The van der Waals surface area contributed by atoms with Crippen molar-refractivity contribution in [2.75, 3.05) is 13.1 Å². The molecule has 2 fully saturated rings. The third-order valence-electron chi connectivity index (χ3n) is 4.05. The first-order chi connectivity index (χ1) is 8.00. The Morgan fingerprint density at radius 2 is 2.00 bits per heavy atom. The van der Waals surface area contributed by atoms with Crippen molar-refractivity contribution in [2.24, 2.45) is 5.41 Å². The minimum absolute atomic E-state index is 0.00933. The molecule has 1 saturated heterocycles. The number of hydrogen-bond donors (Lipinski definition) is 1. The van der Waals surface area contributed by atoms with Crippen LogP contribution in [-0.2, 0) is 9.59 Å². The van der Waals surface area contributed by atoms with Gasteiger partial charge in [-0.1, -0.05) is 19.8 Å². The summed E-state index contributed by atoms with van der Waals surface area (Å²) in [6.45, 7) is 5.42. The lowest BCUT2D eigenvalue weighted by molar-refractivity contribution is -0.134. The minimum atomic E-state index is -0.366. The van der Waals surface area contributed by atoms with Crippen LogP contribution in [0.1, 0.15) is 46.0 Å².